The number of ether oxygens (including phenoxy) is 1. The van der Waals surface area contributed by atoms with Crippen LogP contribution in [0.25, 0.3) is 0 Å². The number of benzene rings is 1. The predicted octanol–water partition coefficient (Wildman–Crippen LogP) is 2.13. The van der Waals surface area contributed by atoms with Crippen LogP contribution in [0.1, 0.15) is 37.7 Å². The fraction of sp³-hybridized carbons (Fsp3) is 0.619. The number of nitrogens with zero attached hydrogens (tertiary/aromatic N) is 2. The Morgan fingerprint density at radius 2 is 2.07 bits per heavy atom. The van der Waals surface area contributed by atoms with Crippen LogP contribution in [-0.4, -0.2) is 61.6 Å². The van der Waals surface area contributed by atoms with Crippen molar-refractivity contribution in [3.63, 3.8) is 0 Å². The summed E-state index contributed by atoms with van der Waals surface area (Å²) in [4.78, 5) is 28.6. The van der Waals surface area contributed by atoms with Crippen LogP contribution in [-0.2, 0) is 14.3 Å². The van der Waals surface area contributed by atoms with Gasteiger partial charge in [-0.05, 0) is 49.8 Å². The summed E-state index contributed by atoms with van der Waals surface area (Å²) >= 11 is 0. The minimum absolute atomic E-state index is 0.0556. The maximum absolute atomic E-state index is 13.8. The third-order valence-corrected chi connectivity index (χ3v) is 5.93. The summed E-state index contributed by atoms with van der Waals surface area (Å²) in [5.74, 6) is -0.0295. The highest BCUT2D eigenvalue weighted by molar-refractivity contribution is 5.97. The number of hydrogen-bond donors (Lipinski definition) is 2. The Hall–Kier alpha value is -2.10. The molecule has 3 fully saturated rings. The van der Waals surface area contributed by atoms with E-state index in [1.54, 1.807) is 6.07 Å². The summed E-state index contributed by atoms with van der Waals surface area (Å²) in [5, 5.41) is 2.67. The number of morpholine rings is 1. The Bertz CT molecular complexity index is 798. The maximum Gasteiger partial charge on any atom is 0.265 e. The molecular formula is C21H28F2N4O3. The monoisotopic (exact) mass is 422 g/mol. The fourth-order valence-corrected chi connectivity index (χ4v) is 3.95. The van der Waals surface area contributed by atoms with E-state index < -0.39 is 12.5 Å². The van der Waals surface area contributed by atoms with E-state index in [2.05, 4.69) is 10.2 Å². The molecule has 1 saturated heterocycles. The molecule has 2 amide bonds. The van der Waals surface area contributed by atoms with E-state index in [1.165, 1.54) is 29.9 Å². The van der Waals surface area contributed by atoms with Gasteiger partial charge in [-0.25, -0.2) is 8.78 Å². The average Bonchev–Trinajstić information content (AvgIpc) is 3.62. The molecule has 2 saturated carbocycles. The summed E-state index contributed by atoms with van der Waals surface area (Å²) in [6.45, 7) is 1.56. The average molecular weight is 422 g/mol. The lowest BCUT2D eigenvalue weighted by atomic mass is 10.1. The first kappa shape index (κ1) is 21.1. The first-order valence-electron chi connectivity index (χ1n) is 10.5. The summed E-state index contributed by atoms with van der Waals surface area (Å²) in [5.41, 5.74) is 6.04. The number of halogens is 2. The van der Waals surface area contributed by atoms with E-state index in [0.29, 0.717) is 30.8 Å². The normalized spacial score (nSPS) is 20.7. The second-order valence-electron chi connectivity index (χ2n) is 8.28. The molecule has 0 bridgehead atoms. The molecule has 0 unspecified atom stereocenters. The second kappa shape index (κ2) is 8.95. The van der Waals surface area contributed by atoms with E-state index in [4.69, 9.17) is 10.5 Å². The number of nitrogens with two attached hydrogens (primary N) is 1. The first-order chi connectivity index (χ1) is 14.5. The van der Waals surface area contributed by atoms with Crippen molar-refractivity contribution in [2.75, 3.05) is 43.1 Å². The van der Waals surface area contributed by atoms with Gasteiger partial charge in [-0.15, -0.1) is 0 Å². The molecule has 3 N–H and O–H groups in total. The lowest BCUT2D eigenvalue weighted by molar-refractivity contribution is -0.125. The summed E-state index contributed by atoms with van der Waals surface area (Å²) in [7, 11) is 0. The van der Waals surface area contributed by atoms with Gasteiger partial charge >= 0.3 is 0 Å². The first-order valence-corrected chi connectivity index (χ1v) is 10.5. The third kappa shape index (κ3) is 4.79. The highest BCUT2D eigenvalue weighted by Gasteiger charge is 2.39. The van der Waals surface area contributed by atoms with Crippen LogP contribution in [0.2, 0.25) is 0 Å². The highest BCUT2D eigenvalue weighted by Crippen LogP contribution is 2.37. The van der Waals surface area contributed by atoms with Gasteiger partial charge in [0.1, 0.15) is 12.6 Å². The van der Waals surface area contributed by atoms with E-state index in [0.717, 1.165) is 19.4 Å². The zero-order chi connectivity index (χ0) is 21.3. The molecule has 7 nitrogen and oxygen atoms in total. The van der Waals surface area contributed by atoms with Crippen molar-refractivity contribution in [1.29, 1.82) is 0 Å². The Kier molecular flexibility index (Phi) is 6.31. The van der Waals surface area contributed by atoms with E-state index in [9.17, 15) is 18.4 Å². The molecule has 1 atom stereocenters. The van der Waals surface area contributed by atoms with E-state index in [1.807, 2.05) is 0 Å². The van der Waals surface area contributed by atoms with Crippen molar-refractivity contribution in [3.05, 3.63) is 23.8 Å². The minimum Gasteiger partial charge on any atom is -0.370 e. The van der Waals surface area contributed by atoms with E-state index in [-0.39, 0.29) is 36.2 Å². The minimum atomic E-state index is -2.79. The van der Waals surface area contributed by atoms with Gasteiger partial charge in [0.05, 0.1) is 6.61 Å². The van der Waals surface area contributed by atoms with Crippen molar-refractivity contribution in [3.8, 4) is 0 Å². The van der Waals surface area contributed by atoms with Crippen LogP contribution in [0.4, 0.5) is 20.2 Å². The standard InChI is InChI=1S/C21H28F2N4O3/c22-20(23)16-9-15(26-7-8-30-12-19(26)28)5-6-17(16)25-21(29)18(10-24)27(14-3-4-14)11-13-1-2-13/h5-6,9,13-14,18,20H,1-4,7-8,10-12,24H2,(H,25,29)/t18-/m0/s1. The number of hydrogen-bond acceptors (Lipinski definition) is 5. The Morgan fingerprint density at radius 1 is 1.30 bits per heavy atom. The lowest BCUT2D eigenvalue weighted by Gasteiger charge is -2.30. The molecule has 2 aliphatic carbocycles. The van der Waals surface area contributed by atoms with Gasteiger partial charge in [0.2, 0.25) is 5.91 Å². The van der Waals surface area contributed by atoms with Crippen molar-refractivity contribution in [1.82, 2.24) is 4.90 Å². The van der Waals surface area contributed by atoms with Crippen molar-refractivity contribution in [2.45, 2.75) is 44.2 Å². The van der Waals surface area contributed by atoms with Crippen LogP contribution >= 0.6 is 0 Å². The SMILES string of the molecule is NC[C@@H](C(=O)Nc1ccc(N2CCOCC2=O)cc1C(F)F)N(CC1CC1)C1CC1. The Morgan fingerprint density at radius 3 is 2.67 bits per heavy atom. The smallest absolute Gasteiger partial charge is 0.265 e. The van der Waals surface area contributed by atoms with Gasteiger partial charge in [-0.3, -0.25) is 14.5 Å². The van der Waals surface area contributed by atoms with Gasteiger partial charge < -0.3 is 20.7 Å². The molecule has 30 heavy (non-hydrogen) atoms. The number of rotatable bonds is 9. The maximum atomic E-state index is 13.8. The van der Waals surface area contributed by atoms with Gasteiger partial charge in [0.25, 0.3) is 12.3 Å². The van der Waals surface area contributed by atoms with Crippen LogP contribution in [0.3, 0.4) is 0 Å². The molecule has 0 spiro atoms. The predicted molar refractivity (Wildman–Crippen MR) is 108 cm³/mol. The van der Waals surface area contributed by atoms with Crippen molar-refractivity contribution < 1.29 is 23.1 Å². The lowest BCUT2D eigenvalue weighted by Crippen LogP contribution is -2.50. The quantitative estimate of drug-likeness (QED) is 0.637. The van der Waals surface area contributed by atoms with Crippen molar-refractivity contribution in [2.24, 2.45) is 11.7 Å². The third-order valence-electron chi connectivity index (χ3n) is 5.93. The molecule has 4 rings (SSSR count). The number of carbonyl (C=O) groups is 2. The summed E-state index contributed by atoms with van der Waals surface area (Å²) in [6.07, 6.45) is 1.62. The summed E-state index contributed by atoms with van der Waals surface area (Å²) < 4.78 is 32.6. The zero-order valence-electron chi connectivity index (χ0n) is 16.9. The van der Waals surface area contributed by atoms with Crippen LogP contribution < -0.4 is 16.0 Å². The van der Waals surface area contributed by atoms with Gasteiger partial charge in [0, 0.05) is 42.6 Å². The topological polar surface area (TPSA) is 87.9 Å². The molecular weight excluding hydrogens is 394 g/mol. The molecule has 1 heterocycles. The molecule has 164 valence electrons. The molecule has 0 aromatic heterocycles. The largest absolute Gasteiger partial charge is 0.370 e. The molecule has 9 heteroatoms. The number of amides is 2. The molecule has 0 radical (unpaired) electrons. The number of carbonyl (C=O) groups excluding carboxylic acids is 2. The molecule has 3 aliphatic rings. The van der Waals surface area contributed by atoms with Crippen LogP contribution in [0.5, 0.6) is 0 Å². The van der Waals surface area contributed by atoms with E-state index >= 15 is 0 Å². The summed E-state index contributed by atoms with van der Waals surface area (Å²) in [6, 6.07) is 4.10. The van der Waals surface area contributed by atoms with Crippen LogP contribution in [0, 0.1) is 5.92 Å². The highest BCUT2D eigenvalue weighted by atomic mass is 19.3. The number of alkyl halides is 2. The van der Waals surface area contributed by atoms with Gasteiger partial charge in [-0.2, -0.15) is 0 Å². The molecule has 1 aromatic rings. The number of nitrogens with one attached hydrogen (secondary N) is 1. The fourth-order valence-electron chi connectivity index (χ4n) is 3.95. The molecule has 1 aliphatic heterocycles. The zero-order valence-corrected chi connectivity index (χ0v) is 16.9. The van der Waals surface area contributed by atoms with Gasteiger partial charge in [-0.1, -0.05) is 0 Å². The Labute approximate surface area is 174 Å². The second-order valence-corrected chi connectivity index (χ2v) is 8.28. The van der Waals surface area contributed by atoms with Crippen LogP contribution in [0.15, 0.2) is 18.2 Å². The van der Waals surface area contributed by atoms with Gasteiger partial charge in [0.15, 0.2) is 0 Å². The van der Waals surface area contributed by atoms with Crippen molar-refractivity contribution >= 4 is 23.2 Å². The molecule has 1 aromatic carbocycles. The Balaban J connectivity index is 1.52. The number of anilines is 2.